The van der Waals surface area contributed by atoms with Crippen LogP contribution in [-0.2, 0) is 4.74 Å². The topological polar surface area (TPSA) is 38.3 Å². The molecule has 0 aliphatic heterocycles. The van der Waals surface area contributed by atoms with Crippen LogP contribution < -0.4 is 5.32 Å². The van der Waals surface area contributed by atoms with Crippen molar-refractivity contribution in [1.82, 2.24) is 0 Å². The summed E-state index contributed by atoms with van der Waals surface area (Å²) in [6.07, 6.45) is 0. The molecule has 0 saturated heterocycles. The lowest BCUT2D eigenvalue weighted by Gasteiger charge is -2.04. The molecule has 1 aromatic rings. The van der Waals surface area contributed by atoms with Gasteiger partial charge in [-0.15, -0.1) is 0 Å². The number of rotatable bonds is 2. The van der Waals surface area contributed by atoms with Gasteiger partial charge in [-0.2, -0.15) is 0 Å². The van der Waals surface area contributed by atoms with Crippen molar-refractivity contribution in [3.63, 3.8) is 0 Å². The summed E-state index contributed by atoms with van der Waals surface area (Å²) in [5.41, 5.74) is 1.39. The Bertz CT molecular complexity index is 346. The number of methoxy groups -OCH3 is 1. The number of ether oxygens (including phenoxy) is 1. The van der Waals surface area contributed by atoms with Crippen molar-refractivity contribution in [3.8, 4) is 0 Å². The molecule has 0 heterocycles. The predicted molar refractivity (Wildman–Crippen MR) is 59.7 cm³/mol. The Morgan fingerprint density at radius 1 is 1.36 bits per heavy atom. The molecule has 0 bridgehead atoms. The van der Waals surface area contributed by atoms with Crippen LogP contribution in [0, 0.1) is 0 Å². The molecule has 1 rings (SSSR count). The number of benzene rings is 1. The fourth-order valence-corrected chi connectivity index (χ4v) is 1.13. The highest BCUT2D eigenvalue weighted by molar-refractivity contribution is 7.80. The number of anilines is 1. The molecule has 0 unspecified atom stereocenters. The van der Waals surface area contributed by atoms with Crippen molar-refractivity contribution in [2.24, 2.45) is 0 Å². The number of carbonyl (C=O) groups excluding carboxylic acids is 1. The second-order valence-electron chi connectivity index (χ2n) is 2.75. The van der Waals surface area contributed by atoms with Gasteiger partial charge in [0.05, 0.1) is 17.7 Å². The Morgan fingerprint density at radius 2 is 1.93 bits per heavy atom. The number of hydrogen-bond acceptors (Lipinski definition) is 3. The number of carbonyl (C=O) groups is 1. The maximum Gasteiger partial charge on any atom is 0.337 e. The molecule has 1 N–H and O–H groups in total. The summed E-state index contributed by atoms with van der Waals surface area (Å²) >= 11 is 4.88. The molecule has 0 fully saturated rings. The zero-order chi connectivity index (χ0) is 10.6. The van der Waals surface area contributed by atoms with Crippen LogP contribution in [0.3, 0.4) is 0 Å². The summed E-state index contributed by atoms with van der Waals surface area (Å²) in [6, 6.07) is 6.93. The normalized spacial score (nSPS) is 9.29. The molecule has 3 nitrogen and oxygen atoms in total. The van der Waals surface area contributed by atoms with E-state index < -0.39 is 0 Å². The summed E-state index contributed by atoms with van der Waals surface area (Å²) in [7, 11) is 1.36. The van der Waals surface area contributed by atoms with E-state index in [1.54, 1.807) is 31.2 Å². The van der Waals surface area contributed by atoms with Crippen LogP contribution in [0.15, 0.2) is 24.3 Å². The highest BCUT2D eigenvalue weighted by Crippen LogP contribution is 2.10. The number of nitrogens with one attached hydrogen (secondary N) is 1. The van der Waals surface area contributed by atoms with Gasteiger partial charge in [0.25, 0.3) is 0 Å². The van der Waals surface area contributed by atoms with Gasteiger partial charge >= 0.3 is 5.97 Å². The van der Waals surface area contributed by atoms with Crippen LogP contribution in [0.2, 0.25) is 0 Å². The molecule has 0 radical (unpaired) electrons. The highest BCUT2D eigenvalue weighted by Gasteiger charge is 2.03. The molecule has 0 aliphatic carbocycles. The Morgan fingerprint density at radius 3 is 2.36 bits per heavy atom. The van der Waals surface area contributed by atoms with E-state index in [9.17, 15) is 4.79 Å². The van der Waals surface area contributed by atoms with Gasteiger partial charge in [-0.05, 0) is 31.2 Å². The Hall–Kier alpha value is -1.42. The molecule has 1 aromatic carbocycles. The molecular formula is C10H11NO2S. The lowest BCUT2D eigenvalue weighted by molar-refractivity contribution is 0.0601. The third kappa shape index (κ3) is 2.81. The average Bonchev–Trinajstić information content (AvgIpc) is 2.17. The van der Waals surface area contributed by atoms with E-state index in [-0.39, 0.29) is 5.97 Å². The minimum atomic E-state index is -0.337. The number of hydrogen-bond donors (Lipinski definition) is 1. The fourth-order valence-electron chi connectivity index (χ4n) is 1.01. The highest BCUT2D eigenvalue weighted by atomic mass is 32.1. The Kier molecular flexibility index (Phi) is 3.59. The lowest BCUT2D eigenvalue weighted by Crippen LogP contribution is -2.04. The zero-order valence-electron chi connectivity index (χ0n) is 8.03. The average molecular weight is 209 g/mol. The van der Waals surface area contributed by atoms with Crippen LogP contribution in [0.25, 0.3) is 0 Å². The van der Waals surface area contributed by atoms with Crippen LogP contribution in [0.4, 0.5) is 5.69 Å². The molecule has 0 aliphatic rings. The molecule has 14 heavy (non-hydrogen) atoms. The minimum absolute atomic E-state index is 0.337. The van der Waals surface area contributed by atoms with E-state index in [0.29, 0.717) is 10.6 Å². The predicted octanol–water partition coefficient (Wildman–Crippen LogP) is 2.23. The first-order chi connectivity index (χ1) is 6.63. The van der Waals surface area contributed by atoms with E-state index in [4.69, 9.17) is 12.2 Å². The van der Waals surface area contributed by atoms with Crippen molar-refractivity contribution in [2.75, 3.05) is 12.4 Å². The smallest absolute Gasteiger partial charge is 0.337 e. The van der Waals surface area contributed by atoms with Crippen LogP contribution >= 0.6 is 12.2 Å². The number of thiocarbonyl (C=S) groups is 1. The number of esters is 1. The maximum atomic E-state index is 11.1. The molecule has 0 atom stereocenters. The molecule has 0 amide bonds. The third-order valence-electron chi connectivity index (χ3n) is 1.63. The molecule has 0 saturated carbocycles. The van der Waals surface area contributed by atoms with Crippen molar-refractivity contribution >= 4 is 28.9 Å². The second-order valence-corrected chi connectivity index (χ2v) is 3.36. The molecule has 74 valence electrons. The largest absolute Gasteiger partial charge is 0.465 e. The third-order valence-corrected chi connectivity index (χ3v) is 1.73. The van der Waals surface area contributed by atoms with Gasteiger partial charge in [-0.3, -0.25) is 0 Å². The van der Waals surface area contributed by atoms with Gasteiger partial charge in [-0.1, -0.05) is 12.2 Å². The van der Waals surface area contributed by atoms with E-state index in [1.807, 2.05) is 0 Å². The van der Waals surface area contributed by atoms with E-state index in [0.717, 1.165) is 5.69 Å². The lowest BCUT2D eigenvalue weighted by atomic mass is 10.2. The van der Waals surface area contributed by atoms with E-state index >= 15 is 0 Å². The van der Waals surface area contributed by atoms with E-state index in [1.165, 1.54) is 7.11 Å². The van der Waals surface area contributed by atoms with Gasteiger partial charge in [0.2, 0.25) is 0 Å². The van der Waals surface area contributed by atoms with Gasteiger partial charge in [0.1, 0.15) is 0 Å². The zero-order valence-corrected chi connectivity index (χ0v) is 8.85. The van der Waals surface area contributed by atoms with Crippen LogP contribution in [0.5, 0.6) is 0 Å². The quantitative estimate of drug-likeness (QED) is 0.599. The van der Waals surface area contributed by atoms with Gasteiger partial charge < -0.3 is 10.1 Å². The summed E-state index contributed by atoms with van der Waals surface area (Å²) in [6.45, 7) is 1.80. The standard InChI is InChI=1S/C10H11NO2S/c1-7(14)11-9-5-3-8(4-6-9)10(12)13-2/h3-6H,1-2H3,(H,11,14). The molecular weight excluding hydrogens is 198 g/mol. The minimum Gasteiger partial charge on any atom is -0.465 e. The summed E-state index contributed by atoms with van der Waals surface area (Å²) in [5, 5.41) is 2.97. The van der Waals surface area contributed by atoms with E-state index in [2.05, 4.69) is 10.1 Å². The Labute approximate surface area is 88.1 Å². The summed E-state index contributed by atoms with van der Waals surface area (Å²) in [4.78, 5) is 11.8. The van der Waals surface area contributed by atoms with Crippen molar-refractivity contribution in [2.45, 2.75) is 6.92 Å². The Balaban J connectivity index is 2.78. The van der Waals surface area contributed by atoms with Crippen LogP contribution in [0.1, 0.15) is 17.3 Å². The van der Waals surface area contributed by atoms with Gasteiger partial charge in [-0.25, -0.2) is 4.79 Å². The molecule has 0 spiro atoms. The first kappa shape index (κ1) is 10.7. The second kappa shape index (κ2) is 4.72. The summed E-state index contributed by atoms with van der Waals surface area (Å²) < 4.78 is 4.57. The maximum absolute atomic E-state index is 11.1. The van der Waals surface area contributed by atoms with Gasteiger partial charge in [0, 0.05) is 5.69 Å². The fraction of sp³-hybridized carbons (Fsp3) is 0.200. The van der Waals surface area contributed by atoms with Crippen molar-refractivity contribution < 1.29 is 9.53 Å². The SMILES string of the molecule is COC(=O)c1ccc(NC(C)=S)cc1. The molecule has 4 heteroatoms. The summed E-state index contributed by atoms with van der Waals surface area (Å²) in [5.74, 6) is -0.337. The van der Waals surface area contributed by atoms with Crippen molar-refractivity contribution in [3.05, 3.63) is 29.8 Å². The first-order valence-electron chi connectivity index (χ1n) is 4.09. The monoisotopic (exact) mass is 209 g/mol. The molecule has 0 aromatic heterocycles. The van der Waals surface area contributed by atoms with Gasteiger partial charge in [0.15, 0.2) is 0 Å². The first-order valence-corrected chi connectivity index (χ1v) is 4.50. The van der Waals surface area contributed by atoms with Crippen LogP contribution in [-0.4, -0.2) is 18.1 Å². The van der Waals surface area contributed by atoms with Crippen molar-refractivity contribution in [1.29, 1.82) is 0 Å².